The number of rotatable bonds is 3. The Morgan fingerprint density at radius 1 is 1.29 bits per heavy atom. The minimum atomic E-state index is -0.544. The van der Waals surface area contributed by atoms with Crippen molar-refractivity contribution in [3.05, 3.63) is 39.6 Å². The molecule has 7 heteroatoms. The summed E-state index contributed by atoms with van der Waals surface area (Å²) < 4.78 is 11.6. The fourth-order valence-electron chi connectivity index (χ4n) is 1.98. The molecule has 1 aliphatic heterocycles. The van der Waals surface area contributed by atoms with Crippen molar-refractivity contribution in [3.63, 3.8) is 0 Å². The van der Waals surface area contributed by atoms with Gasteiger partial charge in [-0.25, -0.2) is 4.98 Å². The third-order valence-corrected chi connectivity index (χ3v) is 3.91. The topological polar surface area (TPSA) is 74.5 Å². The molecule has 0 unspecified atom stereocenters. The van der Waals surface area contributed by atoms with E-state index in [1.165, 1.54) is 6.07 Å². The molecule has 0 atom stereocenters. The highest BCUT2D eigenvalue weighted by atomic mass is 16.7. The van der Waals surface area contributed by atoms with E-state index in [2.05, 4.69) is 4.98 Å². The van der Waals surface area contributed by atoms with Gasteiger partial charge >= 0.3 is 7.12 Å². The number of nitrogens with zero attached hydrogens (tertiary/aromatic N) is 2. The highest BCUT2D eigenvalue weighted by Crippen LogP contribution is 2.37. The van der Waals surface area contributed by atoms with Crippen LogP contribution < -0.4 is 0 Å². The van der Waals surface area contributed by atoms with E-state index in [0.29, 0.717) is 5.69 Å². The first kappa shape index (κ1) is 15.7. The monoisotopic (exact) mass is 290 g/mol. The number of aryl methyl sites for hydroxylation is 1. The summed E-state index contributed by atoms with van der Waals surface area (Å²) in [5.41, 5.74) is 0.140. The molecule has 0 aromatic carbocycles. The lowest BCUT2D eigenvalue weighted by atomic mass is 9.89. The summed E-state index contributed by atoms with van der Waals surface area (Å²) in [6.45, 7) is 9.57. The van der Waals surface area contributed by atoms with Crippen LogP contribution in [-0.4, -0.2) is 28.2 Å². The summed E-state index contributed by atoms with van der Waals surface area (Å²) in [5, 5.41) is 11.0. The Morgan fingerprint density at radius 3 is 2.38 bits per heavy atom. The second-order valence-corrected chi connectivity index (χ2v) is 6.16. The zero-order valence-electron chi connectivity index (χ0n) is 12.9. The molecule has 0 N–H and O–H groups in total. The maximum atomic E-state index is 11.0. The average Bonchev–Trinajstić information content (AvgIpc) is 2.56. The van der Waals surface area contributed by atoms with Crippen LogP contribution in [0.5, 0.6) is 0 Å². The summed E-state index contributed by atoms with van der Waals surface area (Å²) in [5.74, 6) is 1.65. The zero-order chi connectivity index (χ0) is 15.8. The number of nitro groups is 1. The van der Waals surface area contributed by atoms with Gasteiger partial charge in [-0.05, 0) is 46.3 Å². The van der Waals surface area contributed by atoms with Crippen molar-refractivity contribution in [3.8, 4) is 0 Å². The summed E-state index contributed by atoms with van der Waals surface area (Å²) in [4.78, 5) is 14.7. The van der Waals surface area contributed by atoms with Crippen molar-refractivity contribution in [2.75, 3.05) is 0 Å². The number of aromatic nitrogens is 1. The molecule has 6 nitrogen and oxygen atoms in total. The van der Waals surface area contributed by atoms with E-state index in [1.54, 1.807) is 25.2 Å². The van der Waals surface area contributed by atoms with E-state index < -0.39 is 23.2 Å². The van der Waals surface area contributed by atoms with E-state index in [0.717, 1.165) is 5.56 Å². The maximum absolute atomic E-state index is 11.0. The van der Waals surface area contributed by atoms with Gasteiger partial charge in [0.15, 0.2) is 0 Å². The zero-order valence-corrected chi connectivity index (χ0v) is 12.9. The van der Waals surface area contributed by atoms with Gasteiger partial charge < -0.3 is 9.31 Å². The highest BCUT2D eigenvalue weighted by Gasteiger charge is 2.50. The van der Waals surface area contributed by atoms with Crippen molar-refractivity contribution in [1.29, 1.82) is 0 Å². The summed E-state index contributed by atoms with van der Waals surface area (Å²) >= 11 is 0. The second-order valence-electron chi connectivity index (χ2n) is 6.16. The van der Waals surface area contributed by atoms with Gasteiger partial charge in [0.05, 0.1) is 16.1 Å². The molecule has 21 heavy (non-hydrogen) atoms. The minimum absolute atomic E-state index is 0.0252. The van der Waals surface area contributed by atoms with Gasteiger partial charge in [-0.15, -0.1) is 0 Å². The fourth-order valence-corrected chi connectivity index (χ4v) is 1.98. The normalized spacial score (nSPS) is 20.1. The molecule has 2 rings (SSSR count). The molecule has 0 amide bonds. The quantitative estimate of drug-likeness (QED) is 0.486. The molecule has 2 heterocycles. The van der Waals surface area contributed by atoms with Gasteiger partial charge in [0.25, 0.3) is 5.69 Å². The van der Waals surface area contributed by atoms with Crippen LogP contribution in [0.3, 0.4) is 0 Å². The molecule has 1 fully saturated rings. The Hall–Kier alpha value is -1.73. The van der Waals surface area contributed by atoms with Gasteiger partial charge in [-0.3, -0.25) is 10.1 Å². The molecule has 1 aliphatic rings. The van der Waals surface area contributed by atoms with Crippen LogP contribution in [0.15, 0.2) is 18.2 Å². The Kier molecular flexibility index (Phi) is 3.90. The molecular formula is C14H19BN2O4. The lowest BCUT2D eigenvalue weighted by Crippen LogP contribution is -2.41. The minimum Gasteiger partial charge on any atom is -0.400 e. The Balaban J connectivity index is 2.22. The van der Waals surface area contributed by atoms with Crippen LogP contribution in [0.2, 0.25) is 0 Å². The number of hydrogen-bond donors (Lipinski definition) is 0. The van der Waals surface area contributed by atoms with Crippen LogP contribution in [0.1, 0.15) is 39.0 Å². The predicted molar refractivity (Wildman–Crippen MR) is 80.7 cm³/mol. The Labute approximate surface area is 124 Å². The lowest BCUT2D eigenvalue weighted by Gasteiger charge is -2.32. The largest absolute Gasteiger partial charge is 0.487 e. The summed E-state index contributed by atoms with van der Waals surface area (Å²) in [7, 11) is -0.544. The van der Waals surface area contributed by atoms with Crippen molar-refractivity contribution >= 4 is 18.9 Å². The number of pyridine rings is 1. The van der Waals surface area contributed by atoms with Crippen LogP contribution in [-0.2, 0) is 9.31 Å². The van der Waals surface area contributed by atoms with E-state index >= 15 is 0 Å². The van der Waals surface area contributed by atoms with Crippen molar-refractivity contribution < 1.29 is 14.2 Å². The van der Waals surface area contributed by atoms with E-state index in [1.807, 2.05) is 27.7 Å². The third-order valence-electron chi connectivity index (χ3n) is 3.91. The average molecular weight is 290 g/mol. The Bertz CT molecular complexity index is 583. The lowest BCUT2D eigenvalue weighted by molar-refractivity contribution is -0.385. The Morgan fingerprint density at radius 2 is 1.86 bits per heavy atom. The van der Waals surface area contributed by atoms with Gasteiger partial charge in [0, 0.05) is 12.3 Å². The van der Waals surface area contributed by atoms with Crippen molar-refractivity contribution in [2.45, 2.75) is 45.8 Å². The summed E-state index contributed by atoms with van der Waals surface area (Å²) in [6, 6.07) is 1.50. The first-order chi connectivity index (χ1) is 9.62. The number of hydrogen-bond acceptors (Lipinski definition) is 5. The molecule has 1 aromatic heterocycles. The molecular weight excluding hydrogens is 271 g/mol. The van der Waals surface area contributed by atoms with Crippen LogP contribution >= 0.6 is 0 Å². The van der Waals surface area contributed by atoms with Crippen LogP contribution in [0, 0.1) is 17.0 Å². The van der Waals surface area contributed by atoms with E-state index in [-0.39, 0.29) is 5.69 Å². The predicted octanol–water partition coefficient (Wildman–Crippen LogP) is 2.94. The van der Waals surface area contributed by atoms with Crippen LogP contribution in [0.4, 0.5) is 5.69 Å². The first-order valence-electron chi connectivity index (χ1n) is 6.77. The second kappa shape index (κ2) is 5.24. The van der Waals surface area contributed by atoms with Crippen LogP contribution in [0.25, 0.3) is 6.08 Å². The van der Waals surface area contributed by atoms with Gasteiger partial charge in [-0.2, -0.15) is 0 Å². The third kappa shape index (κ3) is 3.14. The molecule has 0 radical (unpaired) electrons. The molecule has 0 bridgehead atoms. The molecule has 0 spiro atoms. The standard InChI is InChI=1S/C14H19BN2O4/c1-10-8-12(17(18)19)11(16-9-10)6-7-15-20-13(2,3)14(4,5)21-15/h6-9H,1-5H3/b7-6+. The van der Waals surface area contributed by atoms with E-state index in [9.17, 15) is 10.1 Å². The smallest absolute Gasteiger partial charge is 0.400 e. The van der Waals surface area contributed by atoms with Gasteiger partial charge in [0.1, 0.15) is 5.69 Å². The molecule has 1 saturated heterocycles. The highest BCUT2D eigenvalue weighted by molar-refractivity contribution is 6.52. The SMILES string of the molecule is Cc1cnc(/C=C/B2OC(C)(C)C(C)(C)O2)c([N+](=O)[O-])c1. The summed E-state index contributed by atoms with van der Waals surface area (Å²) in [6.07, 6.45) is 3.16. The van der Waals surface area contributed by atoms with Gasteiger partial charge in [-0.1, -0.05) is 5.98 Å². The fraction of sp³-hybridized carbons (Fsp3) is 0.500. The first-order valence-corrected chi connectivity index (χ1v) is 6.77. The van der Waals surface area contributed by atoms with Gasteiger partial charge in [0.2, 0.25) is 0 Å². The van der Waals surface area contributed by atoms with E-state index in [4.69, 9.17) is 9.31 Å². The van der Waals surface area contributed by atoms with Crippen molar-refractivity contribution in [1.82, 2.24) is 4.98 Å². The molecule has 112 valence electrons. The molecule has 1 aromatic rings. The maximum Gasteiger partial charge on any atom is 0.487 e. The molecule has 0 aliphatic carbocycles. The van der Waals surface area contributed by atoms with Crippen molar-refractivity contribution in [2.24, 2.45) is 0 Å². The molecule has 0 saturated carbocycles.